The maximum atomic E-state index is 4.82. The average Bonchev–Trinajstić information content (AvgIpc) is 2.95. The second kappa shape index (κ2) is 4.69. The van der Waals surface area contributed by atoms with Crippen LogP contribution in [0.1, 0.15) is 31.5 Å². The van der Waals surface area contributed by atoms with Crippen molar-refractivity contribution in [1.82, 2.24) is 19.4 Å². The predicted molar refractivity (Wildman–Crippen MR) is 72.7 cm³/mol. The third kappa shape index (κ3) is 1.90. The molecule has 1 atom stereocenters. The quantitative estimate of drug-likeness (QED) is 0.830. The fourth-order valence-corrected chi connectivity index (χ4v) is 2.88. The molecule has 3 heterocycles. The molecule has 0 saturated carbocycles. The lowest BCUT2D eigenvalue weighted by Gasteiger charge is -2.12. The van der Waals surface area contributed by atoms with Crippen molar-refractivity contribution in [3.05, 3.63) is 24.2 Å². The van der Waals surface area contributed by atoms with Gasteiger partial charge in [-0.2, -0.15) is 0 Å². The van der Waals surface area contributed by atoms with Crippen LogP contribution in [0.3, 0.4) is 0 Å². The number of pyridine rings is 1. The van der Waals surface area contributed by atoms with E-state index in [2.05, 4.69) is 34.5 Å². The van der Waals surface area contributed by atoms with E-state index in [9.17, 15) is 0 Å². The summed E-state index contributed by atoms with van der Waals surface area (Å²) in [6.45, 7) is 5.52. The predicted octanol–water partition coefficient (Wildman–Crippen LogP) is 2.26. The van der Waals surface area contributed by atoms with E-state index < -0.39 is 0 Å². The van der Waals surface area contributed by atoms with E-state index in [1.54, 1.807) is 0 Å². The molecule has 96 valence electrons. The highest BCUT2D eigenvalue weighted by molar-refractivity contribution is 5.71. The monoisotopic (exact) mass is 244 g/mol. The van der Waals surface area contributed by atoms with Gasteiger partial charge in [0.05, 0.1) is 0 Å². The van der Waals surface area contributed by atoms with Gasteiger partial charge in [-0.25, -0.2) is 9.97 Å². The van der Waals surface area contributed by atoms with Gasteiger partial charge >= 0.3 is 0 Å². The molecule has 0 aromatic carbocycles. The van der Waals surface area contributed by atoms with Crippen LogP contribution in [0.2, 0.25) is 0 Å². The summed E-state index contributed by atoms with van der Waals surface area (Å²) in [5, 5.41) is 0. The van der Waals surface area contributed by atoms with Gasteiger partial charge in [0.15, 0.2) is 5.65 Å². The van der Waals surface area contributed by atoms with E-state index in [1.165, 1.54) is 18.8 Å². The van der Waals surface area contributed by atoms with Gasteiger partial charge < -0.3 is 9.47 Å². The molecule has 0 amide bonds. The average molecular weight is 244 g/mol. The van der Waals surface area contributed by atoms with Gasteiger partial charge in [-0.1, -0.05) is 6.92 Å². The summed E-state index contributed by atoms with van der Waals surface area (Å²) in [5.74, 6) is 1.80. The highest BCUT2D eigenvalue weighted by atomic mass is 15.2. The van der Waals surface area contributed by atoms with Gasteiger partial charge in [0.25, 0.3) is 0 Å². The Labute approximate surface area is 108 Å². The third-order valence-electron chi connectivity index (χ3n) is 3.74. The summed E-state index contributed by atoms with van der Waals surface area (Å²) < 4.78 is 2.32. The van der Waals surface area contributed by atoms with Crippen molar-refractivity contribution in [3.63, 3.8) is 0 Å². The van der Waals surface area contributed by atoms with Crippen LogP contribution in [0.25, 0.3) is 11.2 Å². The summed E-state index contributed by atoms with van der Waals surface area (Å²) in [5.41, 5.74) is 2.08. The number of rotatable bonds is 3. The first-order valence-electron chi connectivity index (χ1n) is 6.79. The Hall–Kier alpha value is -1.42. The van der Waals surface area contributed by atoms with Crippen molar-refractivity contribution in [3.8, 4) is 0 Å². The van der Waals surface area contributed by atoms with Crippen LogP contribution in [0, 0.1) is 0 Å². The lowest BCUT2D eigenvalue weighted by molar-refractivity contribution is 0.407. The number of hydrogen-bond acceptors (Lipinski definition) is 3. The second-order valence-corrected chi connectivity index (χ2v) is 5.22. The van der Waals surface area contributed by atoms with Crippen molar-refractivity contribution in [2.24, 2.45) is 0 Å². The van der Waals surface area contributed by atoms with E-state index in [0.717, 1.165) is 30.7 Å². The highest BCUT2D eigenvalue weighted by Crippen LogP contribution is 2.28. The molecular formula is C14H20N4. The van der Waals surface area contributed by atoms with Gasteiger partial charge in [-0.3, -0.25) is 0 Å². The number of nitrogens with zero attached hydrogens (tertiary/aromatic N) is 4. The van der Waals surface area contributed by atoms with E-state index in [1.807, 2.05) is 12.3 Å². The van der Waals surface area contributed by atoms with E-state index in [0.29, 0.717) is 5.92 Å². The molecule has 1 aliphatic rings. The SMILES string of the molecule is CCCn1c(C2CCN(C)C2)nc2cccnc21. The number of aryl methyl sites for hydroxylation is 1. The molecule has 0 radical (unpaired) electrons. The second-order valence-electron chi connectivity index (χ2n) is 5.22. The number of likely N-dealkylation sites (tertiary alicyclic amines) is 1. The fourth-order valence-electron chi connectivity index (χ4n) is 2.88. The first-order valence-corrected chi connectivity index (χ1v) is 6.79. The molecule has 18 heavy (non-hydrogen) atoms. The first kappa shape index (κ1) is 11.7. The molecule has 4 heteroatoms. The highest BCUT2D eigenvalue weighted by Gasteiger charge is 2.26. The molecule has 4 nitrogen and oxygen atoms in total. The zero-order chi connectivity index (χ0) is 12.5. The van der Waals surface area contributed by atoms with Crippen LogP contribution in [-0.4, -0.2) is 39.6 Å². The summed E-state index contributed by atoms with van der Waals surface area (Å²) in [4.78, 5) is 11.7. The van der Waals surface area contributed by atoms with Gasteiger partial charge in [-0.15, -0.1) is 0 Å². The van der Waals surface area contributed by atoms with Crippen molar-refractivity contribution in [2.75, 3.05) is 20.1 Å². The van der Waals surface area contributed by atoms with Crippen molar-refractivity contribution < 1.29 is 0 Å². The van der Waals surface area contributed by atoms with Crippen molar-refractivity contribution in [2.45, 2.75) is 32.2 Å². The van der Waals surface area contributed by atoms with Crippen molar-refractivity contribution >= 4 is 11.2 Å². The fraction of sp³-hybridized carbons (Fsp3) is 0.571. The summed E-state index contributed by atoms with van der Waals surface area (Å²) in [7, 11) is 2.19. The van der Waals surface area contributed by atoms with Crippen LogP contribution in [0.4, 0.5) is 0 Å². The number of aromatic nitrogens is 3. The minimum absolute atomic E-state index is 0.566. The van der Waals surface area contributed by atoms with Crippen molar-refractivity contribution in [1.29, 1.82) is 0 Å². The zero-order valence-corrected chi connectivity index (χ0v) is 11.1. The van der Waals surface area contributed by atoms with Crippen LogP contribution in [0.15, 0.2) is 18.3 Å². The molecular weight excluding hydrogens is 224 g/mol. The Kier molecular flexibility index (Phi) is 3.04. The number of hydrogen-bond donors (Lipinski definition) is 0. The smallest absolute Gasteiger partial charge is 0.159 e. The molecule has 0 N–H and O–H groups in total. The maximum absolute atomic E-state index is 4.82. The van der Waals surface area contributed by atoms with E-state index in [-0.39, 0.29) is 0 Å². The van der Waals surface area contributed by atoms with E-state index in [4.69, 9.17) is 4.98 Å². The summed E-state index contributed by atoms with van der Waals surface area (Å²) in [6.07, 6.45) is 4.20. The van der Waals surface area contributed by atoms with Gasteiger partial charge in [-0.05, 0) is 38.6 Å². The molecule has 0 bridgehead atoms. The normalized spacial score (nSPS) is 20.9. The molecule has 1 saturated heterocycles. The van der Waals surface area contributed by atoms with Gasteiger partial charge in [0.2, 0.25) is 0 Å². The van der Waals surface area contributed by atoms with Gasteiger partial charge in [0, 0.05) is 25.2 Å². The molecule has 3 rings (SSSR count). The number of likely N-dealkylation sites (N-methyl/N-ethyl adjacent to an activating group) is 1. The summed E-state index contributed by atoms with van der Waals surface area (Å²) in [6, 6.07) is 4.03. The topological polar surface area (TPSA) is 34.0 Å². The Morgan fingerprint density at radius 3 is 3.06 bits per heavy atom. The van der Waals surface area contributed by atoms with Crippen LogP contribution < -0.4 is 0 Å². The Morgan fingerprint density at radius 2 is 2.33 bits per heavy atom. The standard InChI is InChI=1S/C14H20N4/c1-3-8-18-13(11-6-9-17(2)10-11)16-12-5-4-7-15-14(12)18/h4-5,7,11H,3,6,8-10H2,1-2H3. The lowest BCUT2D eigenvalue weighted by atomic mass is 10.1. The minimum Gasteiger partial charge on any atom is -0.312 e. The van der Waals surface area contributed by atoms with Crippen LogP contribution in [0.5, 0.6) is 0 Å². The number of imidazole rings is 1. The molecule has 2 aromatic heterocycles. The molecule has 0 aliphatic carbocycles. The molecule has 2 aromatic rings. The Morgan fingerprint density at radius 1 is 1.44 bits per heavy atom. The lowest BCUT2D eigenvalue weighted by Crippen LogP contribution is -2.15. The number of fused-ring (bicyclic) bond motifs is 1. The molecule has 1 aliphatic heterocycles. The Bertz CT molecular complexity index is 546. The molecule has 1 fully saturated rings. The zero-order valence-electron chi connectivity index (χ0n) is 11.1. The minimum atomic E-state index is 0.566. The van der Waals surface area contributed by atoms with E-state index >= 15 is 0 Å². The summed E-state index contributed by atoms with van der Waals surface area (Å²) >= 11 is 0. The third-order valence-corrected chi connectivity index (χ3v) is 3.74. The molecule has 1 unspecified atom stereocenters. The molecule has 0 spiro atoms. The van der Waals surface area contributed by atoms with Crippen LogP contribution >= 0.6 is 0 Å². The largest absolute Gasteiger partial charge is 0.312 e. The first-order chi connectivity index (χ1) is 8.79. The van der Waals surface area contributed by atoms with Crippen LogP contribution in [-0.2, 0) is 6.54 Å². The maximum Gasteiger partial charge on any atom is 0.159 e. The van der Waals surface area contributed by atoms with Gasteiger partial charge in [0.1, 0.15) is 11.3 Å². The Balaban J connectivity index is 2.06.